The number of nitrogen functional groups attached to an aromatic ring is 1. The lowest BCUT2D eigenvalue weighted by Gasteiger charge is -2.50. The minimum absolute atomic E-state index is 0.0462. The van der Waals surface area contributed by atoms with Crippen molar-refractivity contribution in [2.75, 3.05) is 32.2 Å². The number of carboxylic acids is 1. The predicted octanol–water partition coefficient (Wildman–Crippen LogP) is -2.18. The lowest BCUT2D eigenvalue weighted by Crippen LogP contribution is -2.71. The number of nitrogens with one attached hydrogen (secondary N) is 2. The fraction of sp³-hybridized carbons (Fsp3) is 0.391. The highest BCUT2D eigenvalue weighted by molar-refractivity contribution is 8.00. The molecule has 3 aromatic rings. The maximum atomic E-state index is 13.1. The molecule has 0 radical (unpaired) electrons. The lowest BCUT2D eigenvalue weighted by molar-refractivity contribution is -0.664. The Balaban J connectivity index is 1.35. The molecular weight excluding hydrogens is 560 g/mol. The van der Waals surface area contributed by atoms with Crippen molar-refractivity contribution < 1.29 is 28.9 Å². The molecule has 4 N–H and O–H groups in total. The number of carbonyl (C=O) groups is 3. The molecule has 3 aromatic heterocycles. The van der Waals surface area contributed by atoms with Crippen molar-refractivity contribution >= 4 is 63.1 Å². The third kappa shape index (κ3) is 5.09. The van der Waals surface area contributed by atoms with E-state index >= 15 is 0 Å². The first kappa shape index (κ1) is 27.5. The summed E-state index contributed by atoms with van der Waals surface area (Å²) in [5.41, 5.74) is 7.28. The van der Waals surface area contributed by atoms with E-state index in [4.69, 9.17) is 10.6 Å². The molecule has 15 nitrogen and oxygen atoms in total. The summed E-state index contributed by atoms with van der Waals surface area (Å²) in [6.07, 6.45) is 4.51. The van der Waals surface area contributed by atoms with Gasteiger partial charge in [-0.2, -0.15) is 9.36 Å². The average Bonchev–Trinajstić information content (AvgIpc) is 3.56. The number of β-lactam (4-membered cyclic amide) rings is 1. The van der Waals surface area contributed by atoms with Crippen LogP contribution in [0.2, 0.25) is 0 Å². The molecule has 0 aliphatic carbocycles. The first-order valence-electron chi connectivity index (χ1n) is 12.2. The number of nitrogens with zero attached hydrogens (tertiary/aromatic N) is 7. The summed E-state index contributed by atoms with van der Waals surface area (Å²) in [6.45, 7) is 1.86. The standard InChI is InChI=1S/C23H26N10O5S2/c1-25-6-4-8-32-11-26-18-13(32)5-3-7-31(18)9-12-10-39-21-15(20(35)33(21)16(12)22(36)37)27-19(34)14(29-38-2)17-28-23(24)40-30-17/h3,5,7,11,15,21,25H,4,6,8-10H2,1-2H3,(H3-,24,27,28,30,34,36,37)/b29-14-. The van der Waals surface area contributed by atoms with Gasteiger partial charge in [-0.15, -0.1) is 11.8 Å². The molecule has 2 atom stereocenters. The van der Waals surface area contributed by atoms with Gasteiger partial charge in [0.2, 0.25) is 17.9 Å². The number of aryl methyl sites for hydroxylation is 1. The Labute approximate surface area is 236 Å². The molecule has 2 aliphatic heterocycles. The number of aromatic nitrogens is 5. The van der Waals surface area contributed by atoms with Crippen LogP contribution >= 0.6 is 23.3 Å². The number of thioether (sulfide) groups is 1. The van der Waals surface area contributed by atoms with E-state index in [1.807, 2.05) is 34.5 Å². The summed E-state index contributed by atoms with van der Waals surface area (Å²) in [5, 5.41) is 21.1. The average molecular weight is 587 g/mol. The zero-order chi connectivity index (χ0) is 28.4. The van der Waals surface area contributed by atoms with Crippen molar-refractivity contribution in [2.45, 2.75) is 30.9 Å². The largest absolute Gasteiger partial charge is 0.543 e. The minimum atomic E-state index is -1.47. The fourth-order valence-electron chi connectivity index (χ4n) is 4.63. The summed E-state index contributed by atoms with van der Waals surface area (Å²) in [4.78, 5) is 52.7. The first-order chi connectivity index (χ1) is 19.3. The number of hydrogen-bond acceptors (Lipinski definition) is 13. The molecule has 210 valence electrons. The van der Waals surface area contributed by atoms with Gasteiger partial charge in [-0.05, 0) is 37.1 Å². The number of carbonyl (C=O) groups excluding carboxylic acids is 3. The number of aliphatic carboxylic acids is 1. The van der Waals surface area contributed by atoms with Gasteiger partial charge >= 0.3 is 5.65 Å². The van der Waals surface area contributed by atoms with Crippen LogP contribution < -0.4 is 26.0 Å². The van der Waals surface area contributed by atoms with Crippen molar-refractivity contribution in [1.82, 2.24) is 34.4 Å². The molecule has 0 spiro atoms. The molecule has 5 heterocycles. The molecule has 1 saturated heterocycles. The number of oxime groups is 1. The van der Waals surface area contributed by atoms with Gasteiger partial charge in [-0.25, -0.2) is 4.57 Å². The highest BCUT2D eigenvalue weighted by atomic mass is 32.2. The van der Waals surface area contributed by atoms with E-state index in [-0.39, 0.29) is 28.9 Å². The number of rotatable bonds is 11. The van der Waals surface area contributed by atoms with E-state index < -0.39 is 29.2 Å². The van der Waals surface area contributed by atoms with E-state index in [2.05, 4.69) is 30.1 Å². The van der Waals surface area contributed by atoms with Crippen LogP contribution in [0.25, 0.3) is 11.2 Å². The molecule has 5 rings (SSSR count). The van der Waals surface area contributed by atoms with E-state index in [0.29, 0.717) is 17.0 Å². The maximum absolute atomic E-state index is 13.1. The molecule has 0 saturated carbocycles. The molecule has 17 heteroatoms. The summed E-state index contributed by atoms with van der Waals surface area (Å²) < 4.78 is 7.86. The van der Waals surface area contributed by atoms with Crippen LogP contribution in [0, 0.1) is 0 Å². The van der Waals surface area contributed by atoms with Gasteiger partial charge in [0.15, 0.2) is 5.13 Å². The monoisotopic (exact) mass is 586 g/mol. The van der Waals surface area contributed by atoms with Crippen molar-refractivity contribution in [3.05, 3.63) is 41.8 Å². The van der Waals surface area contributed by atoms with Crippen molar-refractivity contribution in [3.63, 3.8) is 0 Å². The van der Waals surface area contributed by atoms with Crippen LogP contribution in [-0.4, -0.2) is 85.2 Å². The van der Waals surface area contributed by atoms with Gasteiger partial charge in [0.25, 0.3) is 11.8 Å². The molecular formula is C23H26N10O5S2. The molecule has 0 aromatic carbocycles. The SMILES string of the molecule is CNCCCn1cnc2c1ccc[n+]2CC1=C(C(=O)[O-])N2C(=O)C(NC(=O)/C(=N\OC)c3nsc(N)n3)C2SC1. The molecule has 2 aliphatic rings. The number of amides is 2. The number of carboxylic acid groups (broad SMARTS) is 1. The van der Waals surface area contributed by atoms with Gasteiger partial charge in [0, 0.05) is 29.4 Å². The molecule has 2 unspecified atom stereocenters. The van der Waals surface area contributed by atoms with E-state index in [1.165, 1.54) is 18.9 Å². The maximum Gasteiger partial charge on any atom is 0.349 e. The van der Waals surface area contributed by atoms with Gasteiger partial charge in [0.05, 0.1) is 17.9 Å². The normalized spacial score (nSPS) is 19.0. The Morgan fingerprint density at radius 1 is 1.40 bits per heavy atom. The third-order valence-corrected chi connectivity index (χ3v) is 8.30. The number of nitrogens with two attached hydrogens (primary N) is 1. The van der Waals surface area contributed by atoms with Crippen LogP contribution in [0.4, 0.5) is 5.13 Å². The van der Waals surface area contributed by atoms with Gasteiger partial charge in [-0.3, -0.25) is 14.5 Å². The highest BCUT2D eigenvalue weighted by Gasteiger charge is 2.53. The molecule has 2 amide bonds. The topological polar surface area (TPSA) is 197 Å². The first-order valence-corrected chi connectivity index (χ1v) is 14.0. The summed E-state index contributed by atoms with van der Waals surface area (Å²) in [6, 6.07) is 2.85. The number of pyridine rings is 1. The van der Waals surface area contributed by atoms with Gasteiger partial charge in [-0.1, -0.05) is 5.16 Å². The van der Waals surface area contributed by atoms with Crippen LogP contribution in [0.15, 0.2) is 41.1 Å². The second kappa shape index (κ2) is 11.6. The van der Waals surface area contributed by atoms with E-state index in [1.54, 1.807) is 6.33 Å². The van der Waals surface area contributed by atoms with Gasteiger partial charge < -0.3 is 35.7 Å². The van der Waals surface area contributed by atoms with E-state index in [9.17, 15) is 19.5 Å². The third-order valence-electron chi connectivity index (χ3n) is 6.42. The second-order valence-electron chi connectivity index (χ2n) is 8.92. The Kier molecular flexibility index (Phi) is 7.95. The van der Waals surface area contributed by atoms with E-state index in [0.717, 1.165) is 41.5 Å². The Hall–Kier alpha value is -4.09. The smallest absolute Gasteiger partial charge is 0.349 e. The van der Waals surface area contributed by atoms with Crippen LogP contribution in [-0.2, 0) is 32.3 Å². The number of imidazole rings is 1. The van der Waals surface area contributed by atoms with Crippen molar-refractivity contribution in [1.29, 1.82) is 0 Å². The highest BCUT2D eigenvalue weighted by Crippen LogP contribution is 2.40. The van der Waals surface area contributed by atoms with Crippen LogP contribution in [0.3, 0.4) is 0 Å². The number of anilines is 1. The second-order valence-corrected chi connectivity index (χ2v) is 10.8. The molecule has 1 fully saturated rings. The van der Waals surface area contributed by atoms with Crippen LogP contribution in [0.1, 0.15) is 12.2 Å². The lowest BCUT2D eigenvalue weighted by atomic mass is 10.0. The Bertz CT molecular complexity index is 1530. The molecule has 0 bridgehead atoms. The van der Waals surface area contributed by atoms with Crippen molar-refractivity contribution in [2.24, 2.45) is 5.16 Å². The molecule has 40 heavy (non-hydrogen) atoms. The quantitative estimate of drug-likeness (QED) is 0.0726. The zero-order valence-electron chi connectivity index (χ0n) is 21.6. The van der Waals surface area contributed by atoms with Crippen LogP contribution in [0.5, 0.6) is 0 Å². The minimum Gasteiger partial charge on any atom is -0.543 e. The number of hydrogen-bond donors (Lipinski definition) is 3. The van der Waals surface area contributed by atoms with Crippen molar-refractivity contribution in [3.8, 4) is 0 Å². The summed E-state index contributed by atoms with van der Waals surface area (Å²) in [7, 11) is 3.15. The fourth-order valence-corrected chi connectivity index (χ4v) is 6.40. The predicted molar refractivity (Wildman–Crippen MR) is 143 cm³/mol. The Morgan fingerprint density at radius 2 is 2.23 bits per heavy atom. The zero-order valence-corrected chi connectivity index (χ0v) is 23.2. The summed E-state index contributed by atoms with van der Waals surface area (Å²) >= 11 is 2.22. The number of fused-ring (bicyclic) bond motifs is 2. The van der Waals surface area contributed by atoms with Gasteiger partial charge in [0.1, 0.15) is 30.6 Å². The Morgan fingerprint density at radius 3 is 2.92 bits per heavy atom. The summed E-state index contributed by atoms with van der Waals surface area (Å²) in [5.74, 6) is -2.54.